The van der Waals surface area contributed by atoms with Gasteiger partial charge < -0.3 is 21.7 Å². The number of amidine groups is 1. The molecule has 1 heterocycles. The summed E-state index contributed by atoms with van der Waals surface area (Å²) in [5.41, 5.74) is 8.04. The van der Waals surface area contributed by atoms with E-state index in [1.165, 1.54) is 5.56 Å². The summed E-state index contributed by atoms with van der Waals surface area (Å²) >= 11 is 0. The summed E-state index contributed by atoms with van der Waals surface area (Å²) in [6.45, 7) is 2.80. The average molecular weight is 459 g/mol. The third-order valence-electron chi connectivity index (χ3n) is 5.27. The number of benzene rings is 2. The maximum absolute atomic E-state index is 12.2. The number of carbonyl (C=O) groups excluding carboxylic acids is 2. The van der Waals surface area contributed by atoms with Crippen LogP contribution in [0.4, 0.5) is 5.69 Å². The molecule has 0 bridgehead atoms. The molecule has 0 unspecified atom stereocenters. The molecule has 0 radical (unpaired) electrons. The van der Waals surface area contributed by atoms with Gasteiger partial charge in [-0.25, -0.2) is 0 Å². The maximum Gasteiger partial charge on any atom is 0.239 e. The van der Waals surface area contributed by atoms with Crippen molar-refractivity contribution in [1.29, 1.82) is 5.41 Å². The highest BCUT2D eigenvalue weighted by molar-refractivity contribution is 5.96. The lowest BCUT2D eigenvalue weighted by Crippen LogP contribution is -2.47. The van der Waals surface area contributed by atoms with Gasteiger partial charge in [-0.1, -0.05) is 42.5 Å². The number of hydrogen-bond acceptors (Lipinski definition) is 5. The molecule has 0 spiro atoms. The van der Waals surface area contributed by atoms with Crippen LogP contribution in [0.1, 0.15) is 24.0 Å². The number of nitrogens with two attached hydrogens (primary N) is 1. The van der Waals surface area contributed by atoms with Crippen LogP contribution in [0.15, 0.2) is 54.6 Å². The molecule has 0 aliphatic carbocycles. The molecule has 2 aromatic carbocycles. The van der Waals surface area contributed by atoms with Crippen molar-refractivity contribution in [3.8, 4) is 0 Å². The van der Waals surface area contributed by atoms with Crippen molar-refractivity contribution in [2.24, 2.45) is 5.73 Å². The third kappa shape index (κ3) is 8.20. The van der Waals surface area contributed by atoms with E-state index in [0.717, 1.165) is 32.5 Å². The Morgan fingerprint density at radius 2 is 1.72 bits per heavy atom. The van der Waals surface area contributed by atoms with Gasteiger partial charge >= 0.3 is 0 Å². The van der Waals surface area contributed by atoms with Gasteiger partial charge in [0.05, 0.1) is 13.1 Å². The first-order valence-electron chi connectivity index (χ1n) is 10.5. The molecule has 1 aliphatic heterocycles. The minimum absolute atomic E-state index is 0. The number of rotatable bonds is 9. The normalized spacial score (nSPS) is 14.1. The lowest BCUT2D eigenvalue weighted by Gasteiger charge is -2.32. The molecular weight excluding hydrogens is 428 g/mol. The summed E-state index contributed by atoms with van der Waals surface area (Å²) in [6.07, 6.45) is 1.81. The Bertz CT molecular complexity index is 900. The van der Waals surface area contributed by atoms with Crippen LogP contribution in [0.2, 0.25) is 0 Å². The first-order chi connectivity index (χ1) is 15.0. The molecular formula is C23H31ClN6O2. The zero-order chi connectivity index (χ0) is 22.1. The molecule has 0 aromatic heterocycles. The standard InChI is InChI=1S/C23H30N6O2.ClH/c24-23(25)18-7-4-8-20(13-18)26-14-21(30)27-15-22(31)28-19-9-11-29(12-10-19)16-17-5-2-1-3-6-17;/h1-8,13,19,26H,9-12,14-16H2,(H3,24,25)(H,27,30)(H,28,31);1H. The van der Waals surface area contributed by atoms with E-state index >= 15 is 0 Å². The highest BCUT2D eigenvalue weighted by Gasteiger charge is 2.20. The van der Waals surface area contributed by atoms with Gasteiger partial charge in [-0.05, 0) is 30.5 Å². The van der Waals surface area contributed by atoms with Crippen LogP contribution in [-0.2, 0) is 16.1 Å². The van der Waals surface area contributed by atoms with E-state index in [0.29, 0.717) is 11.3 Å². The van der Waals surface area contributed by atoms with Gasteiger partial charge in [-0.15, -0.1) is 12.4 Å². The molecule has 32 heavy (non-hydrogen) atoms. The van der Waals surface area contributed by atoms with Gasteiger partial charge in [-0.2, -0.15) is 0 Å². The first kappa shape index (κ1) is 25.2. The van der Waals surface area contributed by atoms with E-state index in [9.17, 15) is 9.59 Å². The maximum atomic E-state index is 12.2. The Morgan fingerprint density at radius 3 is 2.41 bits per heavy atom. The van der Waals surface area contributed by atoms with Crippen molar-refractivity contribution in [1.82, 2.24) is 15.5 Å². The quantitative estimate of drug-likeness (QED) is 0.289. The Balaban J connectivity index is 0.00000363. The van der Waals surface area contributed by atoms with E-state index < -0.39 is 0 Å². The molecule has 0 atom stereocenters. The van der Waals surface area contributed by atoms with Crippen molar-refractivity contribution in [3.63, 3.8) is 0 Å². The van der Waals surface area contributed by atoms with E-state index in [1.54, 1.807) is 24.3 Å². The number of nitrogen functional groups attached to an aromatic ring is 1. The zero-order valence-electron chi connectivity index (χ0n) is 18.0. The van der Waals surface area contributed by atoms with Crippen molar-refractivity contribution in [2.45, 2.75) is 25.4 Å². The molecule has 172 valence electrons. The largest absolute Gasteiger partial charge is 0.384 e. The summed E-state index contributed by atoms with van der Waals surface area (Å²) in [5, 5.41) is 16.1. The van der Waals surface area contributed by atoms with Crippen LogP contribution in [0.25, 0.3) is 0 Å². The van der Waals surface area contributed by atoms with Crippen molar-refractivity contribution < 1.29 is 9.59 Å². The second-order valence-electron chi connectivity index (χ2n) is 7.73. The van der Waals surface area contributed by atoms with Crippen LogP contribution < -0.4 is 21.7 Å². The topological polar surface area (TPSA) is 123 Å². The van der Waals surface area contributed by atoms with Crippen LogP contribution in [-0.4, -0.2) is 54.8 Å². The number of likely N-dealkylation sites (tertiary alicyclic amines) is 1. The molecule has 8 nitrogen and oxygen atoms in total. The fourth-order valence-corrected chi connectivity index (χ4v) is 3.58. The summed E-state index contributed by atoms with van der Waals surface area (Å²) in [6, 6.07) is 17.5. The minimum atomic E-state index is -0.277. The van der Waals surface area contributed by atoms with Crippen LogP contribution >= 0.6 is 12.4 Å². The van der Waals surface area contributed by atoms with E-state index in [-0.39, 0.29) is 49.2 Å². The van der Waals surface area contributed by atoms with Crippen molar-refractivity contribution in [2.75, 3.05) is 31.5 Å². The summed E-state index contributed by atoms with van der Waals surface area (Å²) in [7, 11) is 0. The van der Waals surface area contributed by atoms with Crippen LogP contribution in [0, 0.1) is 5.41 Å². The van der Waals surface area contributed by atoms with Gasteiger partial charge in [0.2, 0.25) is 11.8 Å². The predicted molar refractivity (Wildman–Crippen MR) is 129 cm³/mol. The zero-order valence-corrected chi connectivity index (χ0v) is 18.8. The van der Waals surface area contributed by atoms with Crippen molar-refractivity contribution >= 4 is 35.7 Å². The third-order valence-corrected chi connectivity index (χ3v) is 5.27. The number of piperidine rings is 1. The Labute approximate surface area is 194 Å². The lowest BCUT2D eigenvalue weighted by atomic mass is 10.0. The number of halogens is 1. The number of hydrogen-bond donors (Lipinski definition) is 5. The van der Waals surface area contributed by atoms with E-state index in [2.05, 4.69) is 45.1 Å². The predicted octanol–water partition coefficient (Wildman–Crippen LogP) is 1.70. The smallest absolute Gasteiger partial charge is 0.239 e. The van der Waals surface area contributed by atoms with Crippen molar-refractivity contribution in [3.05, 3.63) is 65.7 Å². The van der Waals surface area contributed by atoms with Crippen LogP contribution in [0.3, 0.4) is 0 Å². The highest BCUT2D eigenvalue weighted by atomic mass is 35.5. The molecule has 1 saturated heterocycles. The minimum Gasteiger partial charge on any atom is -0.384 e. The van der Waals surface area contributed by atoms with E-state index in [4.69, 9.17) is 11.1 Å². The lowest BCUT2D eigenvalue weighted by molar-refractivity contribution is -0.125. The molecule has 9 heteroatoms. The molecule has 2 amide bonds. The fourth-order valence-electron chi connectivity index (χ4n) is 3.58. The number of carbonyl (C=O) groups is 2. The Hall–Kier alpha value is -3.10. The average Bonchev–Trinajstić information content (AvgIpc) is 2.78. The molecule has 1 fully saturated rings. The Morgan fingerprint density at radius 1 is 1.00 bits per heavy atom. The summed E-state index contributed by atoms with van der Waals surface area (Å²) in [5.74, 6) is -0.481. The number of amides is 2. The molecule has 2 aromatic rings. The summed E-state index contributed by atoms with van der Waals surface area (Å²) < 4.78 is 0. The number of nitrogens with zero attached hydrogens (tertiary/aromatic N) is 1. The second kappa shape index (κ2) is 12.7. The van der Waals surface area contributed by atoms with Gasteiger partial charge in [0.15, 0.2) is 0 Å². The first-order valence-corrected chi connectivity index (χ1v) is 10.5. The molecule has 6 N–H and O–H groups in total. The van der Waals surface area contributed by atoms with Gasteiger partial charge in [0, 0.05) is 36.9 Å². The molecule has 1 aliphatic rings. The van der Waals surface area contributed by atoms with E-state index in [1.807, 2.05) is 6.07 Å². The Kier molecular flexibility index (Phi) is 9.97. The highest BCUT2D eigenvalue weighted by Crippen LogP contribution is 2.14. The number of anilines is 1. The fraction of sp³-hybridized carbons (Fsp3) is 0.348. The second-order valence-corrected chi connectivity index (χ2v) is 7.73. The number of nitrogens with one attached hydrogen (secondary N) is 4. The monoisotopic (exact) mass is 458 g/mol. The molecule has 3 rings (SSSR count). The SMILES string of the molecule is Cl.N=C(N)c1cccc(NCC(=O)NCC(=O)NC2CCN(Cc3ccccc3)CC2)c1. The molecule has 0 saturated carbocycles. The summed E-state index contributed by atoms with van der Waals surface area (Å²) in [4.78, 5) is 26.6. The van der Waals surface area contributed by atoms with Gasteiger partial charge in [-0.3, -0.25) is 19.9 Å². The van der Waals surface area contributed by atoms with Gasteiger partial charge in [0.25, 0.3) is 0 Å². The van der Waals surface area contributed by atoms with Crippen LogP contribution in [0.5, 0.6) is 0 Å². The van der Waals surface area contributed by atoms with Gasteiger partial charge in [0.1, 0.15) is 5.84 Å².